The Balaban J connectivity index is 2.54. The standard InChI is InChI=1S/C10H12O2S/c1-13(11,12)10-6-5-8-3-2-4-9(8)7-10/h5-7H,2-4H2,1H3. The van der Waals surface area contributed by atoms with Crippen LogP contribution in [0.2, 0.25) is 0 Å². The lowest BCUT2D eigenvalue weighted by Crippen LogP contribution is -1.98. The molecular weight excluding hydrogens is 184 g/mol. The predicted molar refractivity (Wildman–Crippen MR) is 51.6 cm³/mol. The molecule has 0 amide bonds. The van der Waals surface area contributed by atoms with E-state index in [4.69, 9.17) is 0 Å². The molecule has 1 aromatic carbocycles. The van der Waals surface area contributed by atoms with E-state index >= 15 is 0 Å². The van der Waals surface area contributed by atoms with E-state index in [0.29, 0.717) is 4.90 Å². The number of sulfone groups is 1. The van der Waals surface area contributed by atoms with Crippen molar-refractivity contribution in [2.75, 3.05) is 6.26 Å². The Labute approximate surface area is 78.5 Å². The molecule has 1 aromatic rings. The van der Waals surface area contributed by atoms with E-state index in [1.807, 2.05) is 12.1 Å². The lowest BCUT2D eigenvalue weighted by Gasteiger charge is -2.01. The number of benzene rings is 1. The molecule has 70 valence electrons. The molecule has 0 fully saturated rings. The van der Waals surface area contributed by atoms with E-state index in [1.54, 1.807) is 6.07 Å². The molecule has 0 N–H and O–H groups in total. The first kappa shape index (κ1) is 8.75. The van der Waals surface area contributed by atoms with Crippen molar-refractivity contribution in [2.24, 2.45) is 0 Å². The first-order valence-electron chi connectivity index (χ1n) is 4.39. The summed E-state index contributed by atoms with van der Waals surface area (Å²) in [6, 6.07) is 5.47. The van der Waals surface area contributed by atoms with Crippen molar-refractivity contribution in [1.29, 1.82) is 0 Å². The van der Waals surface area contributed by atoms with Crippen molar-refractivity contribution in [3.05, 3.63) is 29.3 Å². The van der Waals surface area contributed by atoms with E-state index in [-0.39, 0.29) is 0 Å². The molecule has 0 aliphatic heterocycles. The highest BCUT2D eigenvalue weighted by atomic mass is 32.2. The third-order valence-electron chi connectivity index (χ3n) is 2.50. The first-order chi connectivity index (χ1) is 6.07. The van der Waals surface area contributed by atoms with Crippen molar-refractivity contribution in [3.8, 4) is 0 Å². The van der Waals surface area contributed by atoms with Gasteiger partial charge in [-0.25, -0.2) is 8.42 Å². The van der Waals surface area contributed by atoms with Crippen LogP contribution in [0.4, 0.5) is 0 Å². The van der Waals surface area contributed by atoms with Gasteiger partial charge in [0, 0.05) is 6.26 Å². The fourth-order valence-corrected chi connectivity index (χ4v) is 2.45. The lowest BCUT2D eigenvalue weighted by atomic mass is 10.1. The average molecular weight is 196 g/mol. The Morgan fingerprint density at radius 2 is 1.85 bits per heavy atom. The van der Waals surface area contributed by atoms with Crippen LogP contribution in [0, 0.1) is 0 Å². The van der Waals surface area contributed by atoms with Gasteiger partial charge in [-0.1, -0.05) is 6.07 Å². The van der Waals surface area contributed by atoms with Crippen LogP contribution in [0.25, 0.3) is 0 Å². The fourth-order valence-electron chi connectivity index (χ4n) is 1.78. The molecule has 0 unspecified atom stereocenters. The van der Waals surface area contributed by atoms with Gasteiger partial charge in [-0.15, -0.1) is 0 Å². The SMILES string of the molecule is CS(=O)(=O)c1ccc2c(c1)CCC2. The number of aryl methyl sites for hydroxylation is 2. The summed E-state index contributed by atoms with van der Waals surface area (Å²) in [6.45, 7) is 0. The monoisotopic (exact) mass is 196 g/mol. The molecule has 0 aromatic heterocycles. The minimum Gasteiger partial charge on any atom is -0.224 e. The topological polar surface area (TPSA) is 34.1 Å². The second-order valence-electron chi connectivity index (χ2n) is 3.56. The summed E-state index contributed by atoms with van der Waals surface area (Å²) in [4.78, 5) is 0.452. The van der Waals surface area contributed by atoms with Crippen LogP contribution < -0.4 is 0 Å². The molecule has 3 heteroatoms. The molecule has 0 saturated heterocycles. The largest absolute Gasteiger partial charge is 0.224 e. The van der Waals surface area contributed by atoms with E-state index < -0.39 is 9.84 Å². The molecule has 0 spiro atoms. The fraction of sp³-hybridized carbons (Fsp3) is 0.400. The summed E-state index contributed by atoms with van der Waals surface area (Å²) in [7, 11) is -3.02. The number of fused-ring (bicyclic) bond motifs is 1. The molecule has 1 aliphatic rings. The molecule has 0 radical (unpaired) electrons. The van der Waals surface area contributed by atoms with Gasteiger partial charge in [0.15, 0.2) is 9.84 Å². The van der Waals surface area contributed by atoms with Gasteiger partial charge in [-0.05, 0) is 42.5 Å². The third kappa shape index (κ3) is 1.61. The zero-order valence-electron chi connectivity index (χ0n) is 7.58. The zero-order chi connectivity index (χ0) is 9.47. The molecule has 0 atom stereocenters. The number of hydrogen-bond donors (Lipinski definition) is 0. The number of rotatable bonds is 1. The highest BCUT2D eigenvalue weighted by Crippen LogP contribution is 2.24. The van der Waals surface area contributed by atoms with Crippen molar-refractivity contribution in [3.63, 3.8) is 0 Å². The van der Waals surface area contributed by atoms with Gasteiger partial charge < -0.3 is 0 Å². The van der Waals surface area contributed by atoms with E-state index in [2.05, 4.69) is 0 Å². The second kappa shape index (κ2) is 2.84. The van der Waals surface area contributed by atoms with Crippen LogP contribution in [0.5, 0.6) is 0 Å². The van der Waals surface area contributed by atoms with Gasteiger partial charge >= 0.3 is 0 Å². The smallest absolute Gasteiger partial charge is 0.175 e. The Bertz CT molecular complexity index is 432. The Morgan fingerprint density at radius 3 is 2.54 bits per heavy atom. The van der Waals surface area contributed by atoms with Gasteiger partial charge in [0.2, 0.25) is 0 Å². The molecule has 2 nitrogen and oxygen atoms in total. The molecule has 13 heavy (non-hydrogen) atoms. The van der Waals surface area contributed by atoms with Crippen molar-refractivity contribution < 1.29 is 8.42 Å². The van der Waals surface area contributed by atoms with Crippen LogP contribution in [0.15, 0.2) is 23.1 Å². The molecule has 0 heterocycles. The van der Waals surface area contributed by atoms with Gasteiger partial charge in [-0.3, -0.25) is 0 Å². The summed E-state index contributed by atoms with van der Waals surface area (Å²) < 4.78 is 22.5. The van der Waals surface area contributed by atoms with Crippen molar-refractivity contribution in [2.45, 2.75) is 24.2 Å². The Morgan fingerprint density at radius 1 is 1.15 bits per heavy atom. The van der Waals surface area contributed by atoms with Gasteiger partial charge in [0.25, 0.3) is 0 Å². The van der Waals surface area contributed by atoms with Gasteiger partial charge in [0.05, 0.1) is 4.90 Å². The Hall–Kier alpha value is -0.830. The minimum atomic E-state index is -3.02. The van der Waals surface area contributed by atoms with E-state index in [0.717, 1.165) is 19.3 Å². The highest BCUT2D eigenvalue weighted by molar-refractivity contribution is 7.90. The van der Waals surface area contributed by atoms with Crippen LogP contribution in [-0.4, -0.2) is 14.7 Å². The maximum Gasteiger partial charge on any atom is 0.175 e. The summed E-state index contributed by atoms with van der Waals surface area (Å²) in [6.07, 6.45) is 4.53. The average Bonchev–Trinajstić information content (AvgIpc) is 2.47. The normalized spacial score (nSPS) is 15.8. The summed E-state index contributed by atoms with van der Waals surface area (Å²) in [5.74, 6) is 0. The van der Waals surface area contributed by atoms with Crippen molar-refractivity contribution in [1.82, 2.24) is 0 Å². The third-order valence-corrected chi connectivity index (χ3v) is 3.61. The van der Waals surface area contributed by atoms with Crippen LogP contribution in [0.1, 0.15) is 17.5 Å². The molecule has 0 bridgehead atoms. The van der Waals surface area contributed by atoms with Crippen LogP contribution >= 0.6 is 0 Å². The van der Waals surface area contributed by atoms with E-state index in [1.165, 1.54) is 17.4 Å². The second-order valence-corrected chi connectivity index (χ2v) is 5.57. The predicted octanol–water partition coefficient (Wildman–Crippen LogP) is 1.58. The number of hydrogen-bond acceptors (Lipinski definition) is 2. The van der Waals surface area contributed by atoms with Gasteiger partial charge in [0.1, 0.15) is 0 Å². The van der Waals surface area contributed by atoms with Gasteiger partial charge in [-0.2, -0.15) is 0 Å². The summed E-state index contributed by atoms with van der Waals surface area (Å²) in [5, 5.41) is 0. The summed E-state index contributed by atoms with van der Waals surface area (Å²) >= 11 is 0. The molecule has 0 saturated carbocycles. The van der Waals surface area contributed by atoms with Crippen LogP contribution in [0.3, 0.4) is 0 Å². The molecule has 1 aliphatic carbocycles. The van der Waals surface area contributed by atoms with E-state index in [9.17, 15) is 8.42 Å². The quantitative estimate of drug-likeness (QED) is 0.683. The maximum atomic E-state index is 11.2. The minimum absolute atomic E-state index is 0.452. The Kier molecular flexibility index (Phi) is 1.91. The highest BCUT2D eigenvalue weighted by Gasteiger charge is 2.14. The van der Waals surface area contributed by atoms with Crippen LogP contribution in [-0.2, 0) is 22.7 Å². The van der Waals surface area contributed by atoms with Crippen molar-refractivity contribution >= 4 is 9.84 Å². The maximum absolute atomic E-state index is 11.2. The zero-order valence-corrected chi connectivity index (χ0v) is 8.39. The molecule has 2 rings (SSSR count). The first-order valence-corrected chi connectivity index (χ1v) is 6.28. The summed E-state index contributed by atoms with van der Waals surface area (Å²) in [5.41, 5.74) is 2.52. The molecular formula is C10H12O2S. The lowest BCUT2D eigenvalue weighted by molar-refractivity contribution is 0.602.